The van der Waals surface area contributed by atoms with Crippen molar-refractivity contribution >= 4 is 15.7 Å². The molecule has 5 heteroatoms. The second-order valence-electron chi connectivity index (χ2n) is 4.98. The highest BCUT2D eigenvalue weighted by Crippen LogP contribution is 2.16. The van der Waals surface area contributed by atoms with Crippen molar-refractivity contribution in [2.75, 3.05) is 19.3 Å². The highest BCUT2D eigenvalue weighted by atomic mass is 32.2. The number of rotatable bonds is 6. The lowest BCUT2D eigenvalue weighted by Crippen LogP contribution is -2.28. The minimum absolute atomic E-state index is 0.277. The van der Waals surface area contributed by atoms with Gasteiger partial charge in [0.1, 0.15) is 0 Å². The maximum absolute atomic E-state index is 12.4. The number of benzene rings is 2. The van der Waals surface area contributed by atoms with Gasteiger partial charge in [0.25, 0.3) is 0 Å². The molecule has 0 fully saturated rings. The maximum Gasteiger partial charge on any atom is 0.242 e. The Labute approximate surface area is 126 Å². The fourth-order valence-corrected chi connectivity index (χ4v) is 3.30. The molecule has 0 aliphatic rings. The molecule has 0 atom stereocenters. The Hall–Kier alpha value is -1.85. The van der Waals surface area contributed by atoms with Crippen LogP contribution in [0.4, 0.5) is 5.69 Å². The number of aryl methyl sites for hydroxylation is 1. The van der Waals surface area contributed by atoms with Crippen molar-refractivity contribution in [3.8, 4) is 0 Å². The maximum atomic E-state index is 12.4. The molecule has 2 N–H and O–H groups in total. The smallest absolute Gasteiger partial charge is 0.242 e. The molecule has 0 aromatic heterocycles. The Morgan fingerprint density at radius 3 is 2.24 bits per heavy atom. The summed E-state index contributed by atoms with van der Waals surface area (Å²) in [4.78, 5) is 0.277. The molecular formula is C16H20N2O2S. The summed E-state index contributed by atoms with van der Waals surface area (Å²) in [6.45, 7) is 0.488. The molecule has 0 saturated carbocycles. The number of hydrogen-bond acceptors (Lipinski definition) is 3. The minimum atomic E-state index is -3.43. The van der Waals surface area contributed by atoms with Crippen LogP contribution >= 0.6 is 0 Å². The molecule has 0 spiro atoms. The Morgan fingerprint density at radius 2 is 1.62 bits per heavy atom. The first-order chi connectivity index (χ1) is 10.00. The molecule has 21 heavy (non-hydrogen) atoms. The van der Waals surface area contributed by atoms with Crippen molar-refractivity contribution in [2.45, 2.75) is 17.7 Å². The Kier molecular flexibility index (Phi) is 4.98. The highest BCUT2D eigenvalue weighted by molar-refractivity contribution is 7.89. The molecule has 0 aliphatic heterocycles. The van der Waals surface area contributed by atoms with Crippen LogP contribution in [-0.4, -0.2) is 26.3 Å². The van der Waals surface area contributed by atoms with Crippen LogP contribution in [0.2, 0.25) is 0 Å². The first kappa shape index (κ1) is 15.5. The fraction of sp³-hybridized carbons (Fsp3) is 0.250. The van der Waals surface area contributed by atoms with Crippen LogP contribution in [0.3, 0.4) is 0 Å². The van der Waals surface area contributed by atoms with E-state index in [0.717, 1.165) is 12.8 Å². The van der Waals surface area contributed by atoms with Gasteiger partial charge in [-0.25, -0.2) is 12.7 Å². The second kappa shape index (κ2) is 6.74. The molecule has 2 aromatic carbocycles. The van der Waals surface area contributed by atoms with E-state index in [1.807, 2.05) is 18.2 Å². The van der Waals surface area contributed by atoms with Gasteiger partial charge in [0, 0.05) is 19.3 Å². The molecule has 0 unspecified atom stereocenters. The molecule has 0 bridgehead atoms. The summed E-state index contributed by atoms with van der Waals surface area (Å²) < 4.78 is 26.1. The molecule has 0 amide bonds. The number of nitrogens with two attached hydrogens (primary N) is 1. The van der Waals surface area contributed by atoms with Crippen molar-refractivity contribution in [3.63, 3.8) is 0 Å². The number of anilines is 1. The third-order valence-electron chi connectivity index (χ3n) is 3.37. The summed E-state index contributed by atoms with van der Waals surface area (Å²) in [6, 6.07) is 16.3. The largest absolute Gasteiger partial charge is 0.399 e. The van der Waals surface area contributed by atoms with Crippen molar-refractivity contribution in [3.05, 3.63) is 60.2 Å². The first-order valence-electron chi connectivity index (χ1n) is 6.86. The first-order valence-corrected chi connectivity index (χ1v) is 8.30. The lowest BCUT2D eigenvalue weighted by Gasteiger charge is -2.17. The van der Waals surface area contributed by atoms with Crippen LogP contribution in [0.15, 0.2) is 59.5 Å². The van der Waals surface area contributed by atoms with Crippen molar-refractivity contribution in [1.29, 1.82) is 0 Å². The van der Waals surface area contributed by atoms with Gasteiger partial charge < -0.3 is 5.73 Å². The van der Waals surface area contributed by atoms with E-state index in [4.69, 9.17) is 5.73 Å². The molecule has 2 aromatic rings. The lowest BCUT2D eigenvalue weighted by molar-refractivity contribution is 0.461. The van der Waals surface area contributed by atoms with Gasteiger partial charge in [-0.05, 0) is 42.7 Å². The summed E-state index contributed by atoms with van der Waals surface area (Å²) in [5, 5.41) is 0. The molecule has 0 saturated heterocycles. The van der Waals surface area contributed by atoms with Gasteiger partial charge in [0.05, 0.1) is 4.90 Å². The van der Waals surface area contributed by atoms with Crippen LogP contribution in [0.5, 0.6) is 0 Å². The van der Waals surface area contributed by atoms with Gasteiger partial charge in [-0.2, -0.15) is 0 Å². The normalized spacial score (nSPS) is 11.7. The van der Waals surface area contributed by atoms with E-state index < -0.39 is 10.0 Å². The number of hydrogen-bond donors (Lipinski definition) is 1. The number of sulfonamides is 1. The van der Waals surface area contributed by atoms with E-state index in [-0.39, 0.29) is 4.90 Å². The zero-order valence-corrected chi connectivity index (χ0v) is 12.9. The Balaban J connectivity index is 1.96. The fourth-order valence-electron chi connectivity index (χ4n) is 2.09. The highest BCUT2D eigenvalue weighted by Gasteiger charge is 2.19. The molecule has 0 aliphatic carbocycles. The van der Waals surface area contributed by atoms with Crippen LogP contribution < -0.4 is 5.73 Å². The zero-order valence-electron chi connectivity index (χ0n) is 12.1. The Morgan fingerprint density at radius 1 is 1.00 bits per heavy atom. The number of nitrogens with zero attached hydrogens (tertiary/aromatic N) is 1. The summed E-state index contributed by atoms with van der Waals surface area (Å²) in [6.07, 6.45) is 1.65. The summed E-state index contributed by atoms with van der Waals surface area (Å²) in [5.41, 5.74) is 7.36. The summed E-state index contributed by atoms with van der Waals surface area (Å²) in [5.74, 6) is 0. The predicted molar refractivity (Wildman–Crippen MR) is 85.4 cm³/mol. The summed E-state index contributed by atoms with van der Waals surface area (Å²) >= 11 is 0. The topological polar surface area (TPSA) is 63.4 Å². The minimum Gasteiger partial charge on any atom is -0.399 e. The van der Waals surface area contributed by atoms with E-state index in [1.165, 1.54) is 9.87 Å². The van der Waals surface area contributed by atoms with Crippen LogP contribution in [0.25, 0.3) is 0 Å². The predicted octanol–water partition coefficient (Wildman–Crippen LogP) is 2.52. The zero-order chi connectivity index (χ0) is 15.3. The molecule has 2 rings (SSSR count). The van der Waals surface area contributed by atoms with Gasteiger partial charge >= 0.3 is 0 Å². The van der Waals surface area contributed by atoms with E-state index in [0.29, 0.717) is 12.2 Å². The lowest BCUT2D eigenvalue weighted by atomic mass is 10.1. The quantitative estimate of drug-likeness (QED) is 0.834. The molecule has 4 nitrogen and oxygen atoms in total. The van der Waals surface area contributed by atoms with E-state index in [1.54, 1.807) is 31.3 Å². The molecular weight excluding hydrogens is 284 g/mol. The molecule has 0 heterocycles. The monoisotopic (exact) mass is 304 g/mol. The third kappa shape index (κ3) is 4.06. The van der Waals surface area contributed by atoms with Crippen LogP contribution in [-0.2, 0) is 16.4 Å². The average molecular weight is 304 g/mol. The number of nitrogen functional groups attached to an aromatic ring is 1. The van der Waals surface area contributed by atoms with Crippen molar-refractivity contribution in [2.24, 2.45) is 0 Å². The van der Waals surface area contributed by atoms with E-state index in [2.05, 4.69) is 12.1 Å². The van der Waals surface area contributed by atoms with Crippen molar-refractivity contribution < 1.29 is 8.42 Å². The standard InChI is InChI=1S/C16H20N2O2S/c1-18(13-5-8-14-6-3-2-4-7-14)21(19,20)16-11-9-15(17)10-12-16/h2-4,6-7,9-12H,5,8,13,17H2,1H3. The van der Waals surface area contributed by atoms with E-state index in [9.17, 15) is 8.42 Å². The van der Waals surface area contributed by atoms with Gasteiger partial charge in [0.2, 0.25) is 10.0 Å². The van der Waals surface area contributed by atoms with Crippen LogP contribution in [0.1, 0.15) is 12.0 Å². The molecule has 112 valence electrons. The molecule has 0 radical (unpaired) electrons. The van der Waals surface area contributed by atoms with Crippen LogP contribution in [0, 0.1) is 0 Å². The van der Waals surface area contributed by atoms with Gasteiger partial charge in [-0.3, -0.25) is 0 Å². The average Bonchev–Trinajstić information content (AvgIpc) is 2.48. The van der Waals surface area contributed by atoms with E-state index >= 15 is 0 Å². The SMILES string of the molecule is CN(CCCc1ccccc1)S(=O)(=O)c1ccc(N)cc1. The second-order valence-corrected chi connectivity index (χ2v) is 7.03. The van der Waals surface area contributed by atoms with Gasteiger partial charge in [-0.15, -0.1) is 0 Å². The van der Waals surface area contributed by atoms with Crippen molar-refractivity contribution in [1.82, 2.24) is 4.31 Å². The summed E-state index contributed by atoms with van der Waals surface area (Å²) in [7, 11) is -1.82. The third-order valence-corrected chi connectivity index (χ3v) is 5.24. The van der Waals surface area contributed by atoms with Gasteiger partial charge in [0.15, 0.2) is 0 Å². The van der Waals surface area contributed by atoms with Gasteiger partial charge in [-0.1, -0.05) is 30.3 Å². The Bertz CT molecular complexity index is 667.